The minimum absolute atomic E-state index is 0.00354. The van der Waals surface area contributed by atoms with Gasteiger partial charge in [-0.25, -0.2) is 0 Å². The summed E-state index contributed by atoms with van der Waals surface area (Å²) in [6, 6.07) is -0.230. The average Bonchev–Trinajstić information content (AvgIpc) is 3.03. The van der Waals surface area contributed by atoms with Crippen LogP contribution in [0.4, 0.5) is 0 Å². The Balaban J connectivity index is 1.55. The maximum atomic E-state index is 11.7. The Morgan fingerprint density at radius 3 is 2.59 bits per heavy atom. The molecule has 1 unspecified atom stereocenters. The molecule has 27 heavy (non-hydrogen) atoms. The van der Waals surface area contributed by atoms with Crippen molar-refractivity contribution in [3.63, 3.8) is 0 Å². The number of rotatable bonds is 7. The molecule has 1 amide bonds. The number of amides is 1. The van der Waals surface area contributed by atoms with E-state index in [1.165, 1.54) is 26.4 Å². The van der Waals surface area contributed by atoms with Gasteiger partial charge in [0.25, 0.3) is 0 Å². The lowest BCUT2D eigenvalue weighted by molar-refractivity contribution is -0.125. The molecule has 0 spiro atoms. The van der Waals surface area contributed by atoms with Crippen molar-refractivity contribution in [1.82, 2.24) is 20.4 Å². The first kappa shape index (κ1) is 20.9. The minimum atomic E-state index is -0.765. The molecule has 3 saturated heterocycles. The summed E-state index contributed by atoms with van der Waals surface area (Å²) in [7, 11) is 1.47. The number of ether oxygens (including phenoxy) is 2. The number of hydrogen-bond donors (Lipinski definition) is 4. The van der Waals surface area contributed by atoms with E-state index in [9.17, 15) is 15.0 Å². The van der Waals surface area contributed by atoms with Crippen molar-refractivity contribution in [1.29, 1.82) is 0 Å². The van der Waals surface area contributed by atoms with Crippen molar-refractivity contribution in [3.8, 4) is 0 Å². The normalized spacial score (nSPS) is 36.0. The van der Waals surface area contributed by atoms with Crippen LogP contribution >= 0.6 is 0 Å². The molecule has 0 bridgehead atoms. The Labute approximate surface area is 161 Å². The Morgan fingerprint density at radius 1 is 1.22 bits per heavy atom. The number of piperazine rings is 1. The molecule has 0 aromatic heterocycles. The predicted octanol–water partition coefficient (Wildman–Crippen LogP) is -2.04. The maximum Gasteiger partial charge on any atom is 0.246 e. The number of methoxy groups -OCH3 is 1. The summed E-state index contributed by atoms with van der Waals surface area (Å²) in [5.41, 5.74) is 0. The molecule has 5 atom stereocenters. The second-order valence-electron chi connectivity index (χ2n) is 7.65. The number of aliphatic hydroxyl groups excluding tert-OH is 2. The van der Waals surface area contributed by atoms with Crippen LogP contribution in [0, 0.1) is 0 Å². The molecule has 0 aromatic carbocycles. The van der Waals surface area contributed by atoms with Crippen molar-refractivity contribution in [3.05, 3.63) is 0 Å². The average molecular weight is 386 g/mol. The zero-order valence-corrected chi connectivity index (χ0v) is 16.2. The van der Waals surface area contributed by atoms with Crippen LogP contribution in [0.25, 0.3) is 0 Å². The number of carbonyl (C=O) groups is 1. The Bertz CT molecular complexity index is 469. The highest BCUT2D eigenvalue weighted by Crippen LogP contribution is 2.27. The van der Waals surface area contributed by atoms with E-state index in [0.717, 1.165) is 32.7 Å². The standard InChI is InChI=1S/C18H34N4O5/c1-26-12-16(24)20-10-13-17(18(25)14(11-23)27-13)22-8-6-21(7-9-22)15-4-2-3-5-19-15/h13-15,17-19,23,25H,2-12H2,1H3,(H,20,24)/t13-,14-,15?,17-,18+/m0/s1. The van der Waals surface area contributed by atoms with E-state index < -0.39 is 12.2 Å². The molecule has 0 saturated carbocycles. The molecule has 3 heterocycles. The van der Waals surface area contributed by atoms with E-state index in [2.05, 4.69) is 20.4 Å². The summed E-state index contributed by atoms with van der Waals surface area (Å²) in [6.45, 7) is 4.70. The predicted molar refractivity (Wildman–Crippen MR) is 99.2 cm³/mol. The molecule has 0 aliphatic carbocycles. The zero-order valence-electron chi connectivity index (χ0n) is 16.2. The number of piperidine rings is 1. The van der Waals surface area contributed by atoms with Crippen LogP contribution in [0.5, 0.6) is 0 Å². The molecular weight excluding hydrogens is 352 g/mol. The van der Waals surface area contributed by atoms with Crippen LogP contribution in [-0.4, -0.2) is 116 Å². The first-order valence-corrected chi connectivity index (χ1v) is 10.1. The number of nitrogens with zero attached hydrogens (tertiary/aromatic N) is 2. The molecule has 3 aliphatic heterocycles. The molecule has 9 nitrogen and oxygen atoms in total. The number of nitrogens with one attached hydrogen (secondary N) is 2. The Kier molecular flexibility index (Phi) is 7.83. The van der Waals surface area contributed by atoms with E-state index in [1.807, 2.05) is 0 Å². The van der Waals surface area contributed by atoms with Gasteiger partial charge in [-0.05, 0) is 25.8 Å². The van der Waals surface area contributed by atoms with Gasteiger partial charge in [-0.15, -0.1) is 0 Å². The van der Waals surface area contributed by atoms with Gasteiger partial charge in [0.05, 0.1) is 24.9 Å². The fraction of sp³-hybridized carbons (Fsp3) is 0.944. The molecule has 3 aliphatic rings. The third-order valence-corrected chi connectivity index (χ3v) is 5.91. The van der Waals surface area contributed by atoms with Crippen LogP contribution < -0.4 is 10.6 Å². The smallest absolute Gasteiger partial charge is 0.246 e. The molecule has 156 valence electrons. The van der Waals surface area contributed by atoms with Gasteiger partial charge in [0.2, 0.25) is 5.91 Å². The van der Waals surface area contributed by atoms with Gasteiger partial charge in [-0.2, -0.15) is 0 Å². The Hall–Kier alpha value is -0.810. The van der Waals surface area contributed by atoms with Crippen molar-refractivity contribution in [2.45, 2.75) is 49.8 Å². The molecule has 3 rings (SSSR count). The second kappa shape index (κ2) is 10.1. The monoisotopic (exact) mass is 386 g/mol. The summed E-state index contributed by atoms with van der Waals surface area (Å²) >= 11 is 0. The van der Waals surface area contributed by atoms with Crippen LogP contribution in [0.3, 0.4) is 0 Å². The number of carbonyl (C=O) groups excluding carboxylic acids is 1. The van der Waals surface area contributed by atoms with Crippen molar-refractivity contribution < 1.29 is 24.5 Å². The highest BCUT2D eigenvalue weighted by molar-refractivity contribution is 5.77. The Morgan fingerprint density at radius 2 is 1.96 bits per heavy atom. The second-order valence-corrected chi connectivity index (χ2v) is 7.65. The zero-order chi connectivity index (χ0) is 19.2. The fourth-order valence-corrected chi connectivity index (χ4v) is 4.49. The molecule has 4 N–H and O–H groups in total. The van der Waals surface area contributed by atoms with E-state index in [0.29, 0.717) is 12.7 Å². The van der Waals surface area contributed by atoms with Gasteiger partial charge in [-0.1, -0.05) is 0 Å². The summed E-state index contributed by atoms with van der Waals surface area (Å²) in [5, 5.41) is 26.6. The third kappa shape index (κ3) is 5.17. The SMILES string of the molecule is COCC(=O)NC[C@@H]1O[C@@H](CO)[C@@H](O)[C@H]1N1CCN(C2CCCCN2)CC1. The number of aliphatic hydroxyl groups is 2. The van der Waals surface area contributed by atoms with Crippen LogP contribution in [0.2, 0.25) is 0 Å². The highest BCUT2D eigenvalue weighted by atomic mass is 16.5. The summed E-state index contributed by atoms with van der Waals surface area (Å²) in [5.74, 6) is -0.213. The van der Waals surface area contributed by atoms with Gasteiger partial charge in [0.15, 0.2) is 0 Å². The minimum Gasteiger partial charge on any atom is -0.394 e. The molecule has 3 fully saturated rings. The molecule has 9 heteroatoms. The highest BCUT2D eigenvalue weighted by Gasteiger charge is 2.47. The van der Waals surface area contributed by atoms with Crippen molar-refractivity contribution in [2.75, 3.05) is 59.6 Å². The van der Waals surface area contributed by atoms with Gasteiger partial charge in [-0.3, -0.25) is 14.6 Å². The summed E-state index contributed by atoms with van der Waals surface area (Å²) < 4.78 is 10.7. The lowest BCUT2D eigenvalue weighted by atomic mass is 10.0. The van der Waals surface area contributed by atoms with Gasteiger partial charge in [0.1, 0.15) is 18.8 Å². The summed E-state index contributed by atoms with van der Waals surface area (Å²) in [6.07, 6.45) is 2.44. The third-order valence-electron chi connectivity index (χ3n) is 5.91. The number of hydrogen-bond acceptors (Lipinski definition) is 8. The first-order valence-electron chi connectivity index (χ1n) is 10.1. The van der Waals surface area contributed by atoms with Gasteiger partial charge >= 0.3 is 0 Å². The fourth-order valence-electron chi connectivity index (χ4n) is 4.49. The summed E-state index contributed by atoms with van der Waals surface area (Å²) in [4.78, 5) is 16.4. The molecular formula is C18H34N4O5. The molecule has 0 radical (unpaired) electrons. The quantitative estimate of drug-likeness (QED) is 0.396. The van der Waals surface area contributed by atoms with E-state index in [4.69, 9.17) is 9.47 Å². The first-order chi connectivity index (χ1) is 13.1. The lowest BCUT2D eigenvalue weighted by Crippen LogP contribution is -2.61. The lowest BCUT2D eigenvalue weighted by Gasteiger charge is -2.44. The van der Waals surface area contributed by atoms with E-state index >= 15 is 0 Å². The largest absolute Gasteiger partial charge is 0.394 e. The topological polar surface area (TPSA) is 107 Å². The van der Waals surface area contributed by atoms with Crippen molar-refractivity contribution >= 4 is 5.91 Å². The maximum absolute atomic E-state index is 11.7. The van der Waals surface area contributed by atoms with E-state index in [1.54, 1.807) is 0 Å². The van der Waals surface area contributed by atoms with Gasteiger partial charge < -0.3 is 30.3 Å². The van der Waals surface area contributed by atoms with Crippen LogP contribution in [0.1, 0.15) is 19.3 Å². The van der Waals surface area contributed by atoms with Crippen LogP contribution in [0.15, 0.2) is 0 Å². The van der Waals surface area contributed by atoms with Crippen LogP contribution in [-0.2, 0) is 14.3 Å². The van der Waals surface area contributed by atoms with Gasteiger partial charge in [0, 0.05) is 39.8 Å². The van der Waals surface area contributed by atoms with Crippen molar-refractivity contribution in [2.24, 2.45) is 0 Å². The van der Waals surface area contributed by atoms with E-state index in [-0.39, 0.29) is 31.3 Å². The molecule has 0 aromatic rings.